The van der Waals surface area contributed by atoms with Crippen LogP contribution in [0.5, 0.6) is 0 Å². The molecule has 84 valence electrons. The van der Waals surface area contributed by atoms with Crippen molar-refractivity contribution in [2.75, 3.05) is 6.26 Å². The molecule has 7 heteroatoms. The molecule has 0 aliphatic rings. The van der Waals surface area contributed by atoms with Crippen LogP contribution in [0.4, 0.5) is 0 Å². The van der Waals surface area contributed by atoms with Crippen molar-refractivity contribution in [3.63, 3.8) is 0 Å². The smallest absolute Gasteiger partial charge is 0.226 e. The van der Waals surface area contributed by atoms with Gasteiger partial charge in [0, 0.05) is 11.3 Å². The zero-order valence-corrected chi connectivity index (χ0v) is 9.76. The molecule has 0 fully saturated rings. The summed E-state index contributed by atoms with van der Waals surface area (Å²) in [5, 5.41) is 6.24. The van der Waals surface area contributed by atoms with Gasteiger partial charge in [-0.15, -0.1) is 0 Å². The van der Waals surface area contributed by atoms with E-state index in [1.807, 2.05) is 0 Å². The van der Waals surface area contributed by atoms with Crippen LogP contribution in [0.1, 0.15) is 0 Å². The van der Waals surface area contributed by atoms with Crippen molar-refractivity contribution in [3.05, 3.63) is 33.4 Å². The molecule has 2 rings (SSSR count). The minimum Gasteiger partial charge on any atom is -0.286 e. The Bertz CT molecular complexity index is 721. The van der Waals surface area contributed by atoms with Crippen LogP contribution in [-0.4, -0.2) is 24.9 Å². The number of rotatable bonds is 1. The van der Waals surface area contributed by atoms with E-state index in [-0.39, 0.29) is 5.39 Å². The number of hydrogen-bond donors (Lipinski definition) is 1. The molecule has 0 saturated carbocycles. The van der Waals surface area contributed by atoms with Gasteiger partial charge < -0.3 is 0 Å². The number of sulfone groups is 1. The minimum atomic E-state index is -3.62. The monoisotopic (exact) mass is 258 g/mol. The SMILES string of the molecule is CS(=O)(=O)c1n[nH]c2cc(Cl)ccc2c1=O. The van der Waals surface area contributed by atoms with Gasteiger partial charge in [0.15, 0.2) is 9.84 Å². The first-order valence-corrected chi connectivity index (χ1v) is 6.54. The van der Waals surface area contributed by atoms with E-state index in [1.165, 1.54) is 18.2 Å². The summed E-state index contributed by atoms with van der Waals surface area (Å²) in [6, 6.07) is 4.50. The van der Waals surface area contributed by atoms with Crippen molar-refractivity contribution in [1.29, 1.82) is 0 Å². The third-order valence-corrected chi connectivity index (χ3v) is 3.26. The van der Waals surface area contributed by atoms with E-state index >= 15 is 0 Å². The molecule has 0 saturated heterocycles. The van der Waals surface area contributed by atoms with E-state index in [1.54, 1.807) is 0 Å². The number of nitrogens with one attached hydrogen (secondary N) is 1. The average Bonchev–Trinajstić information content (AvgIpc) is 2.15. The van der Waals surface area contributed by atoms with Crippen LogP contribution in [0.2, 0.25) is 5.02 Å². The standard InChI is InChI=1S/C9H7ClN2O3S/c1-16(14,15)9-8(13)6-3-2-5(10)4-7(6)11-12-9/h2-4H,1H3,(H,11,13). The highest BCUT2D eigenvalue weighted by Gasteiger charge is 2.16. The number of aromatic amines is 1. The van der Waals surface area contributed by atoms with Gasteiger partial charge in [0.1, 0.15) is 0 Å². The number of nitrogens with zero attached hydrogens (tertiary/aromatic N) is 1. The minimum absolute atomic E-state index is 0.250. The van der Waals surface area contributed by atoms with Crippen LogP contribution in [0.25, 0.3) is 10.9 Å². The summed E-state index contributed by atoms with van der Waals surface area (Å²) >= 11 is 5.73. The molecule has 2 aromatic rings. The molecule has 1 heterocycles. The molecule has 0 unspecified atom stereocenters. The highest BCUT2D eigenvalue weighted by Crippen LogP contribution is 2.14. The molecule has 0 radical (unpaired) electrons. The predicted molar refractivity (Wildman–Crippen MR) is 60.5 cm³/mol. The van der Waals surface area contributed by atoms with Gasteiger partial charge in [0.2, 0.25) is 10.5 Å². The van der Waals surface area contributed by atoms with Gasteiger partial charge in [-0.1, -0.05) is 11.6 Å². The zero-order chi connectivity index (χ0) is 11.9. The number of benzene rings is 1. The maximum atomic E-state index is 11.8. The Morgan fingerprint density at radius 1 is 1.38 bits per heavy atom. The molecule has 5 nitrogen and oxygen atoms in total. The van der Waals surface area contributed by atoms with Crippen LogP contribution in [-0.2, 0) is 9.84 Å². The quantitative estimate of drug-likeness (QED) is 0.827. The molecule has 1 N–H and O–H groups in total. The van der Waals surface area contributed by atoms with E-state index in [4.69, 9.17) is 11.6 Å². The largest absolute Gasteiger partial charge is 0.286 e. The second kappa shape index (κ2) is 3.57. The van der Waals surface area contributed by atoms with E-state index in [0.717, 1.165) is 6.26 Å². The molecule has 16 heavy (non-hydrogen) atoms. The van der Waals surface area contributed by atoms with Crippen molar-refractivity contribution in [3.8, 4) is 0 Å². The predicted octanol–water partition coefficient (Wildman–Crippen LogP) is 0.980. The summed E-state index contributed by atoms with van der Waals surface area (Å²) in [5.41, 5.74) is -0.210. The second-order valence-corrected chi connectivity index (χ2v) is 5.69. The van der Waals surface area contributed by atoms with Crippen molar-refractivity contribution in [2.24, 2.45) is 0 Å². The molecule has 0 atom stereocenters. The summed E-state index contributed by atoms with van der Waals surface area (Å²) in [7, 11) is -3.62. The van der Waals surface area contributed by atoms with Crippen molar-refractivity contribution < 1.29 is 8.42 Å². The Labute approximate surface area is 96.0 Å². The number of H-pyrrole nitrogens is 1. The highest BCUT2D eigenvalue weighted by molar-refractivity contribution is 7.90. The Balaban J connectivity index is 2.92. The van der Waals surface area contributed by atoms with Crippen LogP contribution < -0.4 is 5.43 Å². The van der Waals surface area contributed by atoms with Gasteiger partial charge in [-0.2, -0.15) is 5.10 Å². The molecule has 0 aliphatic carbocycles. The lowest BCUT2D eigenvalue weighted by atomic mass is 10.2. The lowest BCUT2D eigenvalue weighted by Gasteiger charge is -2.00. The molecular formula is C9H7ClN2O3S. The van der Waals surface area contributed by atoms with Gasteiger partial charge in [-0.25, -0.2) is 8.42 Å². The fourth-order valence-electron chi connectivity index (χ4n) is 1.34. The van der Waals surface area contributed by atoms with Crippen LogP contribution in [0, 0.1) is 0 Å². The summed E-state index contributed by atoms with van der Waals surface area (Å²) in [5.74, 6) is 0. The summed E-state index contributed by atoms with van der Waals surface area (Å²) in [4.78, 5) is 11.8. The first-order chi connectivity index (χ1) is 7.39. The van der Waals surface area contributed by atoms with Gasteiger partial charge in [-0.05, 0) is 18.2 Å². The summed E-state index contributed by atoms with van der Waals surface area (Å²) < 4.78 is 22.5. The molecule has 0 bridgehead atoms. The Morgan fingerprint density at radius 2 is 2.06 bits per heavy atom. The average molecular weight is 259 g/mol. The normalized spacial score (nSPS) is 11.9. The maximum absolute atomic E-state index is 11.8. The number of hydrogen-bond acceptors (Lipinski definition) is 4. The molecule has 0 spiro atoms. The Morgan fingerprint density at radius 3 is 2.69 bits per heavy atom. The second-order valence-electron chi connectivity index (χ2n) is 3.32. The number of fused-ring (bicyclic) bond motifs is 1. The maximum Gasteiger partial charge on any atom is 0.226 e. The van der Waals surface area contributed by atoms with Crippen molar-refractivity contribution in [1.82, 2.24) is 10.2 Å². The van der Waals surface area contributed by atoms with Crippen LogP contribution in [0.3, 0.4) is 0 Å². The van der Waals surface area contributed by atoms with Crippen molar-refractivity contribution >= 4 is 32.3 Å². The van der Waals surface area contributed by atoms with Crippen LogP contribution >= 0.6 is 11.6 Å². The number of halogens is 1. The fraction of sp³-hybridized carbons (Fsp3) is 0.111. The lowest BCUT2D eigenvalue weighted by Crippen LogP contribution is -2.17. The van der Waals surface area contributed by atoms with E-state index in [2.05, 4.69) is 10.2 Å². The lowest BCUT2D eigenvalue weighted by molar-refractivity contribution is 0.595. The third kappa shape index (κ3) is 1.81. The van der Waals surface area contributed by atoms with Crippen LogP contribution in [0.15, 0.2) is 28.0 Å². The first-order valence-electron chi connectivity index (χ1n) is 4.27. The van der Waals surface area contributed by atoms with Gasteiger partial charge in [-0.3, -0.25) is 9.89 Å². The summed E-state index contributed by atoms with van der Waals surface area (Å²) in [6.07, 6.45) is 0.937. The third-order valence-electron chi connectivity index (χ3n) is 2.05. The molecule has 0 aliphatic heterocycles. The van der Waals surface area contributed by atoms with E-state index < -0.39 is 20.3 Å². The molecular weight excluding hydrogens is 252 g/mol. The molecule has 1 aromatic heterocycles. The summed E-state index contributed by atoms with van der Waals surface area (Å²) in [6.45, 7) is 0. The van der Waals surface area contributed by atoms with E-state index in [0.29, 0.717) is 10.5 Å². The Hall–Kier alpha value is -1.40. The number of aromatic nitrogens is 2. The molecule has 0 amide bonds. The highest BCUT2D eigenvalue weighted by atomic mass is 35.5. The van der Waals surface area contributed by atoms with Gasteiger partial charge >= 0.3 is 0 Å². The zero-order valence-electron chi connectivity index (χ0n) is 8.19. The first kappa shape index (κ1) is 11.1. The fourth-order valence-corrected chi connectivity index (χ4v) is 2.17. The van der Waals surface area contributed by atoms with Crippen molar-refractivity contribution in [2.45, 2.75) is 5.03 Å². The molecule has 1 aromatic carbocycles. The Kier molecular flexibility index (Phi) is 2.47. The topological polar surface area (TPSA) is 79.9 Å². The van der Waals surface area contributed by atoms with Gasteiger partial charge in [0.05, 0.1) is 10.9 Å². The van der Waals surface area contributed by atoms with E-state index in [9.17, 15) is 13.2 Å². The van der Waals surface area contributed by atoms with Gasteiger partial charge in [0.25, 0.3) is 0 Å².